The molecule has 2 aliphatic rings. The molecular weight excluding hydrogens is 314 g/mol. The number of nitrogens with zero attached hydrogens (tertiary/aromatic N) is 2. The van der Waals surface area contributed by atoms with Gasteiger partial charge in [0, 0.05) is 32.7 Å². The lowest BCUT2D eigenvalue weighted by Crippen LogP contribution is -2.50. The predicted octanol–water partition coefficient (Wildman–Crippen LogP) is 2.93. The van der Waals surface area contributed by atoms with Crippen LogP contribution in [-0.4, -0.2) is 47.9 Å². The van der Waals surface area contributed by atoms with Crippen molar-refractivity contribution in [3.05, 3.63) is 35.4 Å². The smallest absolute Gasteiger partial charge is 0.317 e. The van der Waals surface area contributed by atoms with Crippen molar-refractivity contribution in [3.8, 4) is 0 Å². The molecule has 0 aromatic heterocycles. The number of piperidine rings is 1. The molecule has 5 nitrogen and oxygen atoms in total. The van der Waals surface area contributed by atoms with Crippen molar-refractivity contribution in [3.63, 3.8) is 0 Å². The Morgan fingerprint density at radius 3 is 2.88 bits per heavy atom. The van der Waals surface area contributed by atoms with Crippen molar-refractivity contribution in [2.24, 2.45) is 5.41 Å². The number of carbonyl (C=O) groups is 2. The molecule has 3 rings (SSSR count). The lowest BCUT2D eigenvalue weighted by atomic mass is 9.78. The molecule has 3 amide bonds. The van der Waals surface area contributed by atoms with E-state index in [2.05, 4.69) is 30.4 Å². The summed E-state index contributed by atoms with van der Waals surface area (Å²) in [6.45, 7) is 7.54. The molecule has 136 valence electrons. The summed E-state index contributed by atoms with van der Waals surface area (Å²) in [5.41, 5.74) is 2.03. The van der Waals surface area contributed by atoms with Gasteiger partial charge in [0.15, 0.2) is 0 Å². The topological polar surface area (TPSA) is 52.7 Å². The molecule has 0 aliphatic carbocycles. The van der Waals surface area contributed by atoms with Crippen LogP contribution in [-0.2, 0) is 11.3 Å². The van der Waals surface area contributed by atoms with Crippen molar-refractivity contribution >= 4 is 11.9 Å². The molecule has 0 radical (unpaired) electrons. The molecule has 25 heavy (non-hydrogen) atoms. The van der Waals surface area contributed by atoms with Crippen LogP contribution in [0.25, 0.3) is 0 Å². The van der Waals surface area contributed by atoms with E-state index in [1.807, 2.05) is 22.8 Å². The van der Waals surface area contributed by atoms with Gasteiger partial charge in [-0.1, -0.05) is 36.8 Å². The minimum Gasteiger partial charge on any atom is -0.338 e. The summed E-state index contributed by atoms with van der Waals surface area (Å²) < 4.78 is 0. The van der Waals surface area contributed by atoms with Crippen molar-refractivity contribution in [2.45, 2.75) is 46.1 Å². The third kappa shape index (κ3) is 3.80. The van der Waals surface area contributed by atoms with Crippen LogP contribution in [0.3, 0.4) is 0 Å². The quantitative estimate of drug-likeness (QED) is 0.914. The van der Waals surface area contributed by atoms with Crippen LogP contribution in [0.15, 0.2) is 24.3 Å². The highest BCUT2D eigenvalue weighted by molar-refractivity contribution is 5.85. The van der Waals surface area contributed by atoms with E-state index >= 15 is 0 Å². The molecular formula is C20H29N3O2. The van der Waals surface area contributed by atoms with E-state index in [4.69, 9.17) is 0 Å². The Kier molecular flexibility index (Phi) is 5.30. The Labute approximate surface area is 150 Å². The van der Waals surface area contributed by atoms with Gasteiger partial charge in [0.05, 0.1) is 5.41 Å². The highest BCUT2D eigenvalue weighted by Gasteiger charge is 2.49. The maximum Gasteiger partial charge on any atom is 0.317 e. The van der Waals surface area contributed by atoms with E-state index in [1.54, 1.807) is 0 Å². The van der Waals surface area contributed by atoms with Gasteiger partial charge in [-0.25, -0.2) is 4.79 Å². The number of nitrogens with one attached hydrogen (secondary N) is 1. The van der Waals surface area contributed by atoms with Crippen LogP contribution >= 0.6 is 0 Å². The maximum atomic E-state index is 13.2. The fourth-order valence-corrected chi connectivity index (χ4v) is 4.10. The average molecular weight is 343 g/mol. The van der Waals surface area contributed by atoms with Crippen molar-refractivity contribution in [1.29, 1.82) is 0 Å². The molecule has 1 aromatic carbocycles. The molecule has 1 N–H and O–H groups in total. The second-order valence-corrected chi connectivity index (χ2v) is 7.50. The van der Waals surface area contributed by atoms with E-state index in [9.17, 15) is 9.59 Å². The molecule has 0 unspecified atom stereocenters. The van der Waals surface area contributed by atoms with Crippen LogP contribution in [0.1, 0.15) is 43.7 Å². The maximum absolute atomic E-state index is 13.2. The Balaban J connectivity index is 1.67. The summed E-state index contributed by atoms with van der Waals surface area (Å²) in [5, 5.41) is 2.93. The fraction of sp³-hybridized carbons (Fsp3) is 0.600. The molecule has 1 atom stereocenters. The van der Waals surface area contributed by atoms with Gasteiger partial charge >= 0.3 is 6.03 Å². The zero-order valence-electron chi connectivity index (χ0n) is 15.4. The molecule has 0 saturated carbocycles. The average Bonchev–Trinajstić information content (AvgIpc) is 3.02. The van der Waals surface area contributed by atoms with Gasteiger partial charge in [-0.15, -0.1) is 0 Å². The monoisotopic (exact) mass is 343 g/mol. The third-order valence-corrected chi connectivity index (χ3v) is 5.45. The van der Waals surface area contributed by atoms with E-state index in [0.717, 1.165) is 32.2 Å². The van der Waals surface area contributed by atoms with Gasteiger partial charge in [-0.2, -0.15) is 0 Å². The number of carbonyl (C=O) groups excluding carboxylic acids is 2. The number of rotatable bonds is 4. The first-order valence-corrected chi connectivity index (χ1v) is 9.42. The number of hydrogen-bond acceptors (Lipinski definition) is 2. The second-order valence-electron chi connectivity index (χ2n) is 7.50. The van der Waals surface area contributed by atoms with E-state index in [1.165, 1.54) is 11.1 Å². The number of aryl methyl sites for hydroxylation is 1. The Bertz CT molecular complexity index is 646. The highest BCUT2D eigenvalue weighted by atomic mass is 16.2. The highest BCUT2D eigenvalue weighted by Crippen LogP contribution is 2.40. The lowest BCUT2D eigenvalue weighted by molar-refractivity contribution is -0.146. The number of benzene rings is 1. The number of amides is 3. The van der Waals surface area contributed by atoms with E-state index < -0.39 is 0 Å². The first-order chi connectivity index (χ1) is 12.0. The zero-order valence-corrected chi connectivity index (χ0v) is 15.4. The van der Waals surface area contributed by atoms with Crippen LogP contribution < -0.4 is 5.32 Å². The largest absolute Gasteiger partial charge is 0.338 e. The van der Waals surface area contributed by atoms with E-state index in [-0.39, 0.29) is 17.4 Å². The molecule has 0 bridgehead atoms. The fourth-order valence-electron chi connectivity index (χ4n) is 4.10. The Hall–Kier alpha value is -2.04. The normalized spacial score (nSPS) is 23.4. The van der Waals surface area contributed by atoms with Gasteiger partial charge in [0.25, 0.3) is 0 Å². The Morgan fingerprint density at radius 2 is 2.12 bits per heavy atom. The summed E-state index contributed by atoms with van der Waals surface area (Å²) in [6.07, 6.45) is 3.62. The molecule has 2 fully saturated rings. The van der Waals surface area contributed by atoms with Gasteiger partial charge in [-0.05, 0) is 38.2 Å². The van der Waals surface area contributed by atoms with Gasteiger partial charge in [-0.3, -0.25) is 4.79 Å². The lowest BCUT2D eigenvalue weighted by Gasteiger charge is -2.39. The van der Waals surface area contributed by atoms with Crippen LogP contribution in [0, 0.1) is 12.3 Å². The standard InChI is InChI=1S/C20H29N3O2/c1-3-10-21-19(25)23-12-9-20(15-23)8-5-11-22(18(20)24)14-17-7-4-6-16(2)13-17/h4,6-7,13H,3,5,8-12,14-15H2,1-2H3,(H,21,25)/t20-/m1/s1. The summed E-state index contributed by atoms with van der Waals surface area (Å²) in [7, 11) is 0. The molecule has 1 spiro atoms. The number of urea groups is 1. The van der Waals surface area contributed by atoms with Gasteiger partial charge in [0.2, 0.25) is 5.91 Å². The molecule has 2 aliphatic heterocycles. The summed E-state index contributed by atoms with van der Waals surface area (Å²) in [5.74, 6) is 0.228. The number of likely N-dealkylation sites (tertiary alicyclic amines) is 2. The molecule has 1 aromatic rings. The SMILES string of the molecule is CCCNC(=O)N1CC[C@]2(CCCN(Cc3cccc(C)c3)C2=O)C1. The summed E-state index contributed by atoms with van der Waals surface area (Å²) >= 11 is 0. The minimum absolute atomic E-state index is 0.0256. The second kappa shape index (κ2) is 7.46. The first-order valence-electron chi connectivity index (χ1n) is 9.42. The van der Waals surface area contributed by atoms with Crippen LogP contribution in [0.5, 0.6) is 0 Å². The third-order valence-electron chi connectivity index (χ3n) is 5.45. The minimum atomic E-state index is -0.369. The molecule has 5 heteroatoms. The van der Waals surface area contributed by atoms with Crippen LogP contribution in [0.2, 0.25) is 0 Å². The summed E-state index contributed by atoms with van der Waals surface area (Å²) in [4.78, 5) is 29.2. The van der Waals surface area contributed by atoms with Gasteiger partial charge in [0.1, 0.15) is 0 Å². The predicted molar refractivity (Wildman–Crippen MR) is 98.1 cm³/mol. The Morgan fingerprint density at radius 1 is 1.28 bits per heavy atom. The summed E-state index contributed by atoms with van der Waals surface area (Å²) in [6, 6.07) is 8.33. The zero-order chi connectivity index (χ0) is 17.9. The molecule has 2 saturated heterocycles. The van der Waals surface area contributed by atoms with Crippen molar-refractivity contribution < 1.29 is 9.59 Å². The molecule has 2 heterocycles. The first kappa shape index (κ1) is 17.8. The van der Waals surface area contributed by atoms with Gasteiger partial charge < -0.3 is 15.1 Å². The van der Waals surface area contributed by atoms with E-state index in [0.29, 0.717) is 26.2 Å². The number of hydrogen-bond donors (Lipinski definition) is 1. The van der Waals surface area contributed by atoms with Crippen molar-refractivity contribution in [2.75, 3.05) is 26.2 Å². The van der Waals surface area contributed by atoms with Crippen molar-refractivity contribution in [1.82, 2.24) is 15.1 Å². The van der Waals surface area contributed by atoms with Crippen LogP contribution in [0.4, 0.5) is 4.79 Å².